The molecule has 98 valence electrons. The van der Waals surface area contributed by atoms with Crippen LogP contribution in [-0.4, -0.2) is 37.1 Å². The van der Waals surface area contributed by atoms with E-state index in [0.717, 1.165) is 12.8 Å². The van der Waals surface area contributed by atoms with Crippen LogP contribution >= 0.6 is 11.6 Å². The summed E-state index contributed by atoms with van der Waals surface area (Å²) in [5.74, 6) is -0.860. The Kier molecular flexibility index (Phi) is 4.19. The number of hydrogen-bond acceptors (Lipinski definition) is 2. The molecule has 1 aliphatic rings. The first-order chi connectivity index (χ1) is 8.61. The summed E-state index contributed by atoms with van der Waals surface area (Å²) < 4.78 is 18.9. The van der Waals surface area contributed by atoms with E-state index in [4.69, 9.17) is 16.3 Å². The Morgan fingerprint density at radius 2 is 2.33 bits per heavy atom. The van der Waals surface area contributed by atoms with Gasteiger partial charge >= 0.3 is 0 Å². The highest BCUT2D eigenvalue weighted by Crippen LogP contribution is 2.20. The van der Waals surface area contributed by atoms with Crippen LogP contribution in [0, 0.1) is 5.82 Å². The minimum atomic E-state index is -0.538. The molecule has 1 atom stereocenters. The van der Waals surface area contributed by atoms with E-state index in [0.29, 0.717) is 18.1 Å². The van der Waals surface area contributed by atoms with Crippen molar-refractivity contribution in [2.75, 3.05) is 20.2 Å². The van der Waals surface area contributed by atoms with E-state index in [1.165, 1.54) is 18.2 Å². The molecule has 0 bridgehead atoms. The molecule has 1 heterocycles. The maximum Gasteiger partial charge on any atom is 0.256 e. The van der Waals surface area contributed by atoms with E-state index in [1.807, 2.05) is 0 Å². The van der Waals surface area contributed by atoms with Crippen LogP contribution in [0.4, 0.5) is 4.39 Å². The zero-order valence-corrected chi connectivity index (χ0v) is 10.9. The first-order valence-corrected chi connectivity index (χ1v) is 6.26. The fraction of sp³-hybridized carbons (Fsp3) is 0.462. The largest absolute Gasteiger partial charge is 0.380 e. The summed E-state index contributed by atoms with van der Waals surface area (Å²) in [6.07, 6.45) is 1.83. The average molecular weight is 272 g/mol. The molecular weight excluding hydrogens is 257 g/mol. The van der Waals surface area contributed by atoms with Crippen LogP contribution in [0.3, 0.4) is 0 Å². The molecule has 0 aliphatic carbocycles. The number of halogens is 2. The van der Waals surface area contributed by atoms with Gasteiger partial charge in [0.1, 0.15) is 5.82 Å². The summed E-state index contributed by atoms with van der Waals surface area (Å²) in [6, 6.07) is 4.02. The van der Waals surface area contributed by atoms with Crippen molar-refractivity contribution in [2.45, 2.75) is 18.9 Å². The molecule has 1 aliphatic heterocycles. The zero-order valence-electron chi connectivity index (χ0n) is 10.2. The number of rotatable bonds is 2. The van der Waals surface area contributed by atoms with Crippen LogP contribution in [0.2, 0.25) is 5.02 Å². The summed E-state index contributed by atoms with van der Waals surface area (Å²) in [4.78, 5) is 13.8. The fourth-order valence-electron chi connectivity index (χ4n) is 2.15. The summed E-state index contributed by atoms with van der Waals surface area (Å²) in [7, 11) is 1.62. The van der Waals surface area contributed by atoms with E-state index in [-0.39, 0.29) is 17.6 Å². The maximum atomic E-state index is 13.6. The summed E-state index contributed by atoms with van der Waals surface area (Å²) in [6.45, 7) is 1.13. The van der Waals surface area contributed by atoms with Crippen molar-refractivity contribution in [3.63, 3.8) is 0 Å². The maximum absolute atomic E-state index is 13.6. The smallest absolute Gasteiger partial charge is 0.256 e. The Morgan fingerprint density at radius 1 is 1.56 bits per heavy atom. The minimum Gasteiger partial charge on any atom is -0.380 e. The lowest BCUT2D eigenvalue weighted by Gasteiger charge is -2.32. The van der Waals surface area contributed by atoms with Crippen molar-refractivity contribution in [2.24, 2.45) is 0 Å². The van der Waals surface area contributed by atoms with E-state index >= 15 is 0 Å². The molecule has 18 heavy (non-hydrogen) atoms. The van der Waals surface area contributed by atoms with Gasteiger partial charge in [-0.3, -0.25) is 4.79 Å². The van der Waals surface area contributed by atoms with Gasteiger partial charge in [0, 0.05) is 25.2 Å². The van der Waals surface area contributed by atoms with Gasteiger partial charge in [-0.25, -0.2) is 4.39 Å². The Bertz CT molecular complexity index is 453. The number of benzene rings is 1. The van der Waals surface area contributed by atoms with Crippen LogP contribution in [0.25, 0.3) is 0 Å². The number of carbonyl (C=O) groups excluding carboxylic acids is 1. The molecular formula is C13H15ClFNO2. The minimum absolute atomic E-state index is 0.0271. The molecule has 1 saturated heterocycles. The molecule has 0 spiro atoms. The Morgan fingerprint density at radius 3 is 3.06 bits per heavy atom. The predicted molar refractivity (Wildman–Crippen MR) is 67.3 cm³/mol. The summed E-state index contributed by atoms with van der Waals surface area (Å²) >= 11 is 5.79. The van der Waals surface area contributed by atoms with Gasteiger partial charge in [-0.2, -0.15) is 0 Å². The molecule has 0 saturated carbocycles. The van der Waals surface area contributed by atoms with Gasteiger partial charge in [0.15, 0.2) is 0 Å². The van der Waals surface area contributed by atoms with Crippen molar-refractivity contribution >= 4 is 17.5 Å². The predicted octanol–water partition coefficient (Wildman–Crippen LogP) is 2.73. The average Bonchev–Trinajstić information content (AvgIpc) is 2.41. The zero-order chi connectivity index (χ0) is 13.1. The standard InChI is InChI=1S/C13H15ClFNO2/c1-18-10-3-2-6-16(8-10)13(17)11-7-9(14)4-5-12(11)15/h4-5,7,10H,2-3,6,8H2,1H3. The molecule has 0 N–H and O–H groups in total. The first kappa shape index (κ1) is 13.3. The van der Waals surface area contributed by atoms with Gasteiger partial charge in [-0.05, 0) is 31.0 Å². The molecule has 3 nitrogen and oxygen atoms in total. The molecule has 0 radical (unpaired) electrons. The van der Waals surface area contributed by atoms with Crippen molar-refractivity contribution in [1.29, 1.82) is 0 Å². The number of amides is 1. The highest BCUT2D eigenvalue weighted by molar-refractivity contribution is 6.31. The lowest BCUT2D eigenvalue weighted by Crippen LogP contribution is -2.43. The van der Waals surface area contributed by atoms with Crippen LogP contribution in [0.5, 0.6) is 0 Å². The van der Waals surface area contributed by atoms with E-state index in [9.17, 15) is 9.18 Å². The second kappa shape index (κ2) is 5.67. The lowest BCUT2D eigenvalue weighted by atomic mass is 10.1. The number of nitrogens with zero attached hydrogens (tertiary/aromatic N) is 1. The molecule has 1 unspecified atom stereocenters. The lowest BCUT2D eigenvalue weighted by molar-refractivity contribution is 0.0266. The summed E-state index contributed by atoms with van der Waals surface area (Å²) in [5, 5.41) is 0.361. The van der Waals surface area contributed by atoms with Gasteiger partial charge < -0.3 is 9.64 Å². The molecule has 1 amide bonds. The van der Waals surface area contributed by atoms with Gasteiger partial charge in [0.2, 0.25) is 0 Å². The Balaban J connectivity index is 2.17. The van der Waals surface area contributed by atoms with Gasteiger partial charge in [-0.15, -0.1) is 0 Å². The second-order valence-corrected chi connectivity index (χ2v) is 4.81. The molecule has 0 aromatic heterocycles. The van der Waals surface area contributed by atoms with Crippen molar-refractivity contribution < 1.29 is 13.9 Å². The number of piperidine rings is 1. The normalized spacial score (nSPS) is 19.9. The van der Waals surface area contributed by atoms with E-state index < -0.39 is 5.82 Å². The molecule has 1 fully saturated rings. The fourth-order valence-corrected chi connectivity index (χ4v) is 2.32. The quantitative estimate of drug-likeness (QED) is 0.828. The molecule has 5 heteroatoms. The van der Waals surface area contributed by atoms with Gasteiger partial charge in [0.05, 0.1) is 11.7 Å². The Labute approximate surface area is 110 Å². The molecule has 1 aromatic rings. The Hall–Kier alpha value is -1.13. The number of carbonyl (C=O) groups is 1. The molecule has 2 rings (SSSR count). The van der Waals surface area contributed by atoms with E-state index in [2.05, 4.69) is 0 Å². The number of hydrogen-bond donors (Lipinski definition) is 0. The highest BCUT2D eigenvalue weighted by atomic mass is 35.5. The third-order valence-electron chi connectivity index (χ3n) is 3.16. The van der Waals surface area contributed by atoms with Crippen LogP contribution in [-0.2, 0) is 4.74 Å². The summed E-state index contributed by atoms with van der Waals surface area (Å²) in [5.41, 5.74) is 0.0271. The highest BCUT2D eigenvalue weighted by Gasteiger charge is 2.25. The second-order valence-electron chi connectivity index (χ2n) is 4.38. The van der Waals surface area contributed by atoms with Crippen LogP contribution < -0.4 is 0 Å². The van der Waals surface area contributed by atoms with Crippen LogP contribution in [0.15, 0.2) is 18.2 Å². The molecule has 1 aromatic carbocycles. The number of likely N-dealkylation sites (tertiary alicyclic amines) is 1. The number of methoxy groups -OCH3 is 1. The van der Waals surface area contributed by atoms with Crippen molar-refractivity contribution in [3.8, 4) is 0 Å². The van der Waals surface area contributed by atoms with Gasteiger partial charge in [-0.1, -0.05) is 11.6 Å². The SMILES string of the molecule is COC1CCCN(C(=O)c2cc(Cl)ccc2F)C1. The monoisotopic (exact) mass is 271 g/mol. The third-order valence-corrected chi connectivity index (χ3v) is 3.39. The van der Waals surface area contributed by atoms with Gasteiger partial charge in [0.25, 0.3) is 5.91 Å². The van der Waals surface area contributed by atoms with Crippen LogP contribution in [0.1, 0.15) is 23.2 Å². The first-order valence-electron chi connectivity index (χ1n) is 5.89. The number of ether oxygens (including phenoxy) is 1. The topological polar surface area (TPSA) is 29.5 Å². The van der Waals surface area contributed by atoms with Crippen molar-refractivity contribution in [3.05, 3.63) is 34.6 Å². The third kappa shape index (κ3) is 2.82. The van der Waals surface area contributed by atoms with E-state index in [1.54, 1.807) is 12.0 Å². The van der Waals surface area contributed by atoms with Crippen molar-refractivity contribution in [1.82, 2.24) is 4.90 Å².